The highest BCUT2D eigenvalue weighted by Gasteiger charge is 2.50. The summed E-state index contributed by atoms with van der Waals surface area (Å²) in [7, 11) is -16.4. The largest absolute Gasteiger partial charge is 0.481 e. The van der Waals surface area contributed by atoms with E-state index >= 15 is 0 Å². The average molecular weight is 936 g/mol. The van der Waals surface area contributed by atoms with Crippen molar-refractivity contribution < 1.29 is 80.5 Å². The highest BCUT2D eigenvalue weighted by molar-refractivity contribution is 8.13. The second kappa shape index (κ2) is 23.3. The number of amides is 2. The Morgan fingerprint density at radius 3 is 2.37 bits per heavy atom. The summed E-state index contributed by atoms with van der Waals surface area (Å²) in [6, 6.07) is 0. The van der Waals surface area contributed by atoms with Crippen molar-refractivity contribution in [1.82, 2.24) is 30.2 Å². The van der Waals surface area contributed by atoms with E-state index in [1.54, 1.807) is 0 Å². The number of nitrogen functional groups attached to an aromatic ring is 1. The quantitative estimate of drug-likeness (QED) is 0.0457. The number of carbonyl (C=O) groups is 3. The summed E-state index contributed by atoms with van der Waals surface area (Å²) in [6.45, 7) is 4.95. The molecule has 1 aliphatic rings. The molecule has 1 saturated heterocycles. The Bertz CT molecular complexity index is 1890. The number of carbonyl (C=O) groups excluding carboxylic acids is 3. The topological polar surface area (TPSA) is 364 Å². The molecule has 8 unspecified atom stereocenters. The summed E-state index contributed by atoms with van der Waals surface area (Å²) in [5, 5.41) is 26.6. The molecular weight excluding hydrogens is 879 g/mol. The van der Waals surface area contributed by atoms with E-state index in [4.69, 9.17) is 19.5 Å². The zero-order valence-electron chi connectivity index (χ0n) is 33.6. The fraction of sp³-hybridized carbons (Fsp3) is 0.750. The van der Waals surface area contributed by atoms with Crippen LogP contribution in [0.4, 0.5) is 5.82 Å². The summed E-state index contributed by atoms with van der Waals surface area (Å²) in [5.41, 5.74) is 4.28. The van der Waals surface area contributed by atoms with Gasteiger partial charge in [0.25, 0.3) is 0 Å². The van der Waals surface area contributed by atoms with E-state index in [-0.39, 0.29) is 41.6 Å². The average Bonchev–Trinajstić information content (AvgIpc) is 3.72. The van der Waals surface area contributed by atoms with Gasteiger partial charge in [0.05, 0.1) is 19.5 Å². The molecule has 342 valence electrons. The predicted molar refractivity (Wildman–Crippen MR) is 214 cm³/mol. The Balaban J connectivity index is 1.41. The van der Waals surface area contributed by atoms with Crippen molar-refractivity contribution in [2.45, 2.75) is 110 Å². The zero-order chi connectivity index (χ0) is 44.9. The molecule has 1 aliphatic heterocycles. The smallest absolute Gasteiger partial charge is 0.386 e. The molecule has 0 bridgehead atoms. The molecule has 0 aliphatic carbocycles. The second-order valence-electron chi connectivity index (χ2n) is 14.8. The van der Waals surface area contributed by atoms with Crippen molar-refractivity contribution in [3.63, 3.8) is 0 Å². The van der Waals surface area contributed by atoms with E-state index in [0.717, 1.165) is 48.2 Å². The van der Waals surface area contributed by atoms with Crippen LogP contribution >= 0.6 is 35.2 Å². The molecule has 3 heterocycles. The highest BCUT2D eigenvalue weighted by Crippen LogP contribution is 2.61. The lowest BCUT2D eigenvalue weighted by Crippen LogP contribution is -2.46. The number of aromatic nitrogens is 4. The van der Waals surface area contributed by atoms with Crippen LogP contribution in [-0.4, -0.2) is 123 Å². The molecule has 8 atom stereocenters. The maximum atomic E-state index is 12.7. The molecule has 24 nitrogen and oxygen atoms in total. The van der Waals surface area contributed by atoms with Gasteiger partial charge in [-0.15, -0.1) is 0 Å². The number of nitrogens with zero attached hydrogens (tertiary/aromatic N) is 4. The number of rotatable bonds is 27. The minimum Gasteiger partial charge on any atom is -0.386 e. The molecule has 0 radical (unpaired) electrons. The molecule has 10 N–H and O–H groups in total. The normalized spacial score (nSPS) is 21.6. The van der Waals surface area contributed by atoms with E-state index in [9.17, 15) is 57.9 Å². The lowest BCUT2D eigenvalue weighted by atomic mass is 9.87. The first-order valence-corrected chi connectivity index (χ1v) is 24.5. The van der Waals surface area contributed by atoms with Gasteiger partial charge in [0.2, 0.25) is 11.8 Å². The molecule has 2 amide bonds. The third-order valence-corrected chi connectivity index (χ3v) is 13.2. The molecule has 1 fully saturated rings. The Hall–Kier alpha value is -2.44. The van der Waals surface area contributed by atoms with Crippen LogP contribution in [-0.2, 0) is 50.7 Å². The van der Waals surface area contributed by atoms with Gasteiger partial charge in [-0.25, -0.2) is 28.6 Å². The molecule has 2 aromatic heterocycles. The van der Waals surface area contributed by atoms with Gasteiger partial charge < -0.3 is 50.9 Å². The number of hydrogen-bond acceptors (Lipinski definition) is 18. The SMILES string of the molecule is CCCCC(C)CCCCC(=O)SCCNC(=O)CCNC(=O)C(O)C(C)(C)COP(=O)(O)OP(=O)(O)OCC1OC(n2cnc3c(N)ncnc32)C(O)C1OP(=O)(O)O. The monoisotopic (exact) mass is 935 g/mol. The number of phosphoric ester groups is 3. The van der Waals surface area contributed by atoms with Gasteiger partial charge in [0.1, 0.15) is 36.3 Å². The number of hydrogen-bond donors (Lipinski definition) is 9. The number of ether oxygens (including phenoxy) is 1. The van der Waals surface area contributed by atoms with E-state index in [0.29, 0.717) is 18.1 Å². The van der Waals surface area contributed by atoms with Gasteiger partial charge in [0, 0.05) is 37.1 Å². The van der Waals surface area contributed by atoms with Crippen LogP contribution in [0.3, 0.4) is 0 Å². The van der Waals surface area contributed by atoms with Crippen LogP contribution in [0, 0.1) is 11.3 Å². The maximum absolute atomic E-state index is 12.7. The number of anilines is 1. The van der Waals surface area contributed by atoms with Crippen molar-refractivity contribution in [3.8, 4) is 0 Å². The molecule has 28 heteroatoms. The van der Waals surface area contributed by atoms with E-state index < -0.39 is 84.6 Å². The number of aliphatic hydroxyl groups excluding tert-OH is 2. The zero-order valence-corrected chi connectivity index (χ0v) is 37.1. The van der Waals surface area contributed by atoms with E-state index in [1.807, 2.05) is 0 Å². The lowest BCUT2D eigenvalue weighted by Gasteiger charge is -2.30. The number of fused-ring (bicyclic) bond motifs is 1. The van der Waals surface area contributed by atoms with Crippen LogP contribution in [0.25, 0.3) is 11.2 Å². The third-order valence-electron chi connectivity index (χ3n) is 9.14. The fourth-order valence-electron chi connectivity index (χ4n) is 5.83. The summed E-state index contributed by atoms with van der Waals surface area (Å²) >= 11 is 1.14. The minimum atomic E-state index is -5.57. The Morgan fingerprint density at radius 2 is 1.68 bits per heavy atom. The first-order valence-electron chi connectivity index (χ1n) is 19.0. The number of imidazole rings is 1. The van der Waals surface area contributed by atoms with Crippen LogP contribution in [0.1, 0.15) is 85.3 Å². The first kappa shape index (κ1) is 51.9. The number of unbranched alkanes of at least 4 members (excludes halogenated alkanes) is 2. The fourth-order valence-corrected chi connectivity index (χ4v) is 9.38. The van der Waals surface area contributed by atoms with E-state index in [2.05, 4.69) is 48.3 Å². The molecule has 0 saturated carbocycles. The lowest BCUT2D eigenvalue weighted by molar-refractivity contribution is -0.137. The molecule has 60 heavy (non-hydrogen) atoms. The van der Waals surface area contributed by atoms with Gasteiger partial charge in [-0.05, 0) is 12.3 Å². The van der Waals surface area contributed by atoms with Crippen molar-refractivity contribution >= 4 is 69.1 Å². The molecule has 3 rings (SSSR count). The summed E-state index contributed by atoms with van der Waals surface area (Å²) in [6.07, 6.45) is 0.0926. The van der Waals surface area contributed by atoms with Gasteiger partial charge in [-0.1, -0.05) is 71.6 Å². The van der Waals surface area contributed by atoms with Crippen LogP contribution in [0.2, 0.25) is 0 Å². The summed E-state index contributed by atoms with van der Waals surface area (Å²) in [4.78, 5) is 88.0. The maximum Gasteiger partial charge on any atom is 0.481 e. The highest BCUT2D eigenvalue weighted by atomic mass is 32.2. The molecular formula is C32H56N7O17P3S. The number of nitrogens with one attached hydrogen (secondary N) is 2. The molecule has 2 aromatic rings. The first-order chi connectivity index (χ1) is 27.9. The number of nitrogens with two attached hydrogens (primary N) is 1. The molecule has 0 aromatic carbocycles. The molecule has 0 spiro atoms. The number of thioether (sulfide) groups is 1. The number of aliphatic hydroxyl groups is 2. The second-order valence-corrected chi connectivity index (χ2v) is 20.2. The van der Waals surface area contributed by atoms with Crippen LogP contribution in [0.5, 0.6) is 0 Å². The van der Waals surface area contributed by atoms with Crippen molar-refractivity contribution in [3.05, 3.63) is 12.7 Å². The van der Waals surface area contributed by atoms with Gasteiger partial charge in [-0.3, -0.25) is 32.5 Å². The standard InChI is InChI=1S/C32H56N7O17P3S/c1-5-6-9-20(2)10-7-8-11-23(41)60-15-14-34-22(40)12-13-35-30(44)27(43)32(3,4)17-53-59(50,51)56-58(48,49)52-16-21-26(55-57(45,46)47)25(42)31(54-21)39-19-38-24-28(33)36-18-37-29(24)39/h18-21,25-27,31,42-43H,5-17H2,1-4H3,(H,34,40)(H,35,44)(H,48,49)(H,50,51)(H2,33,36,37)(H2,45,46,47). The van der Waals surface area contributed by atoms with Crippen molar-refractivity contribution in [2.24, 2.45) is 11.3 Å². The van der Waals surface area contributed by atoms with Crippen molar-refractivity contribution in [1.29, 1.82) is 0 Å². The Kier molecular flexibility index (Phi) is 20.2. The van der Waals surface area contributed by atoms with Crippen LogP contribution in [0.15, 0.2) is 12.7 Å². The van der Waals surface area contributed by atoms with Gasteiger partial charge in [0.15, 0.2) is 22.8 Å². The van der Waals surface area contributed by atoms with Gasteiger partial charge >= 0.3 is 23.5 Å². The predicted octanol–water partition coefficient (Wildman–Crippen LogP) is 2.05. The van der Waals surface area contributed by atoms with E-state index in [1.165, 1.54) is 33.1 Å². The van der Waals surface area contributed by atoms with Gasteiger partial charge in [-0.2, -0.15) is 4.31 Å². The van der Waals surface area contributed by atoms with Crippen LogP contribution < -0.4 is 16.4 Å². The number of phosphoric acid groups is 3. The Labute approximate surface area is 350 Å². The minimum absolute atomic E-state index is 0.0327. The van der Waals surface area contributed by atoms with Crippen molar-refractivity contribution in [2.75, 3.05) is 37.8 Å². The summed E-state index contributed by atoms with van der Waals surface area (Å²) in [5.74, 6) is -0.383. The third kappa shape index (κ3) is 17.0. The summed E-state index contributed by atoms with van der Waals surface area (Å²) < 4.78 is 62.3. The Morgan fingerprint density at radius 1 is 1.00 bits per heavy atom.